The van der Waals surface area contributed by atoms with Crippen LogP contribution in [-0.4, -0.2) is 22.7 Å². The van der Waals surface area contributed by atoms with Crippen molar-refractivity contribution in [1.29, 1.82) is 0 Å². The van der Waals surface area contributed by atoms with Crippen molar-refractivity contribution in [2.75, 3.05) is 0 Å². The quantitative estimate of drug-likeness (QED) is 0.940. The van der Waals surface area contributed by atoms with Crippen molar-refractivity contribution in [2.45, 2.75) is 26.0 Å². The molecule has 3 rings (SSSR count). The first-order valence-electron chi connectivity index (χ1n) is 7.20. The van der Waals surface area contributed by atoms with Crippen LogP contribution in [0.5, 0.6) is 0 Å². The zero-order valence-corrected chi connectivity index (χ0v) is 12.3. The lowest BCUT2D eigenvalue weighted by atomic mass is 10.0. The first-order chi connectivity index (χ1) is 10.7. The van der Waals surface area contributed by atoms with E-state index in [1.807, 2.05) is 49.4 Å². The van der Waals surface area contributed by atoms with Gasteiger partial charge in [0.2, 0.25) is 6.10 Å². The van der Waals surface area contributed by atoms with Crippen LogP contribution in [0.15, 0.2) is 53.8 Å². The highest BCUT2D eigenvalue weighted by molar-refractivity contribution is 6.04. The van der Waals surface area contributed by atoms with Gasteiger partial charge in [-0.2, -0.15) is 0 Å². The average molecular weight is 295 g/mol. The second-order valence-electron chi connectivity index (χ2n) is 5.19. The summed E-state index contributed by atoms with van der Waals surface area (Å²) < 4.78 is 0. The Morgan fingerprint density at radius 2 is 2.09 bits per heavy atom. The average Bonchev–Trinajstić information content (AvgIpc) is 3.04. The molecule has 5 heteroatoms. The van der Waals surface area contributed by atoms with Crippen molar-refractivity contribution in [3.63, 3.8) is 0 Å². The van der Waals surface area contributed by atoms with Crippen LogP contribution < -0.4 is 5.32 Å². The van der Waals surface area contributed by atoms with Crippen molar-refractivity contribution < 1.29 is 9.63 Å². The summed E-state index contributed by atoms with van der Waals surface area (Å²) in [5.74, 6) is -0.169. The van der Waals surface area contributed by atoms with E-state index in [4.69, 9.17) is 4.84 Å². The van der Waals surface area contributed by atoms with Gasteiger partial charge in [-0.1, -0.05) is 35.5 Å². The third kappa shape index (κ3) is 3.14. The standard InChI is InChI=1S/C17H17N3O2/c1-12-6-2-3-8-14(12)15-10-16(22-20-15)17(21)19-11-13-7-4-5-9-18-13/h2-9,16H,10-11H2,1H3,(H,19,21). The van der Waals surface area contributed by atoms with Gasteiger partial charge in [0.25, 0.3) is 5.91 Å². The maximum absolute atomic E-state index is 12.1. The molecule has 0 fully saturated rings. The van der Waals surface area contributed by atoms with Crippen molar-refractivity contribution in [2.24, 2.45) is 5.16 Å². The molecule has 1 amide bonds. The molecule has 112 valence electrons. The van der Waals surface area contributed by atoms with Crippen LogP contribution in [0.25, 0.3) is 0 Å². The number of nitrogens with one attached hydrogen (secondary N) is 1. The molecule has 1 atom stereocenters. The van der Waals surface area contributed by atoms with Gasteiger partial charge in [-0.15, -0.1) is 0 Å². The zero-order chi connectivity index (χ0) is 15.4. The first-order valence-corrected chi connectivity index (χ1v) is 7.20. The Morgan fingerprint density at radius 1 is 1.27 bits per heavy atom. The van der Waals surface area contributed by atoms with E-state index >= 15 is 0 Å². The Morgan fingerprint density at radius 3 is 2.86 bits per heavy atom. The highest BCUT2D eigenvalue weighted by Crippen LogP contribution is 2.19. The van der Waals surface area contributed by atoms with Gasteiger partial charge in [-0.25, -0.2) is 0 Å². The molecular weight excluding hydrogens is 278 g/mol. The Kier molecular flexibility index (Phi) is 4.14. The first kappa shape index (κ1) is 14.3. The number of pyridine rings is 1. The summed E-state index contributed by atoms with van der Waals surface area (Å²) in [5, 5.41) is 6.89. The fraction of sp³-hybridized carbons (Fsp3) is 0.235. The number of aromatic nitrogens is 1. The Labute approximate surface area is 129 Å². The number of carbonyl (C=O) groups excluding carboxylic acids is 1. The minimum Gasteiger partial charge on any atom is -0.382 e. The van der Waals surface area contributed by atoms with Gasteiger partial charge in [-0.3, -0.25) is 9.78 Å². The molecule has 0 radical (unpaired) electrons. The van der Waals surface area contributed by atoms with Crippen LogP contribution in [0.2, 0.25) is 0 Å². The maximum atomic E-state index is 12.1. The summed E-state index contributed by atoms with van der Waals surface area (Å²) in [6, 6.07) is 13.5. The molecule has 0 saturated heterocycles. The van der Waals surface area contributed by atoms with Gasteiger partial charge in [0.15, 0.2) is 0 Å². The third-order valence-corrected chi connectivity index (χ3v) is 3.59. The summed E-state index contributed by atoms with van der Waals surface area (Å²) in [6.45, 7) is 2.41. The van der Waals surface area contributed by atoms with Gasteiger partial charge in [0.1, 0.15) is 0 Å². The number of nitrogens with zero attached hydrogens (tertiary/aromatic N) is 2. The second kappa shape index (κ2) is 6.39. The van der Waals surface area contributed by atoms with Crippen molar-refractivity contribution >= 4 is 11.6 Å². The molecule has 5 nitrogen and oxygen atoms in total. The molecule has 1 aliphatic rings. The number of hydrogen-bond acceptors (Lipinski definition) is 4. The van der Waals surface area contributed by atoms with Crippen LogP contribution in [0.4, 0.5) is 0 Å². The van der Waals surface area contributed by atoms with Crippen LogP contribution >= 0.6 is 0 Å². The highest BCUT2D eigenvalue weighted by atomic mass is 16.6. The van der Waals surface area contributed by atoms with E-state index < -0.39 is 6.10 Å². The lowest BCUT2D eigenvalue weighted by molar-refractivity contribution is -0.131. The number of carbonyl (C=O) groups is 1. The van der Waals surface area contributed by atoms with Crippen LogP contribution in [0.3, 0.4) is 0 Å². The Hall–Kier alpha value is -2.69. The maximum Gasteiger partial charge on any atom is 0.264 e. The Balaban J connectivity index is 1.57. The van der Waals surface area contributed by atoms with E-state index in [2.05, 4.69) is 15.5 Å². The van der Waals surface area contributed by atoms with E-state index in [0.29, 0.717) is 13.0 Å². The minimum absolute atomic E-state index is 0.169. The van der Waals surface area contributed by atoms with Crippen LogP contribution in [0.1, 0.15) is 23.2 Å². The monoisotopic (exact) mass is 295 g/mol. The molecular formula is C17H17N3O2. The number of rotatable bonds is 4. The molecule has 2 heterocycles. The molecule has 0 spiro atoms. The normalized spacial score (nSPS) is 16.8. The third-order valence-electron chi connectivity index (χ3n) is 3.59. The summed E-state index contributed by atoms with van der Waals surface area (Å²) in [4.78, 5) is 21.6. The smallest absolute Gasteiger partial charge is 0.264 e. The van der Waals surface area contributed by atoms with Gasteiger partial charge in [0, 0.05) is 18.2 Å². The van der Waals surface area contributed by atoms with Gasteiger partial charge in [0.05, 0.1) is 18.0 Å². The molecule has 0 aliphatic carbocycles. The lowest BCUT2D eigenvalue weighted by Crippen LogP contribution is -2.34. The second-order valence-corrected chi connectivity index (χ2v) is 5.19. The molecule has 1 N–H and O–H groups in total. The van der Waals surface area contributed by atoms with Crippen LogP contribution in [-0.2, 0) is 16.2 Å². The number of amides is 1. The highest BCUT2D eigenvalue weighted by Gasteiger charge is 2.29. The molecule has 2 aromatic rings. The van der Waals surface area contributed by atoms with Crippen molar-refractivity contribution in [3.8, 4) is 0 Å². The largest absolute Gasteiger partial charge is 0.382 e. The van der Waals surface area contributed by atoms with E-state index in [1.54, 1.807) is 6.20 Å². The molecule has 1 aromatic carbocycles. The SMILES string of the molecule is Cc1ccccc1C1=NOC(C(=O)NCc2ccccn2)C1. The number of hydrogen-bond donors (Lipinski definition) is 1. The predicted octanol–water partition coefficient (Wildman–Crippen LogP) is 2.20. The van der Waals surface area contributed by atoms with Gasteiger partial charge in [-0.05, 0) is 24.6 Å². The predicted molar refractivity (Wildman–Crippen MR) is 83.3 cm³/mol. The minimum atomic E-state index is -0.571. The Bertz CT molecular complexity index is 698. The fourth-order valence-corrected chi connectivity index (χ4v) is 2.37. The molecule has 1 unspecified atom stereocenters. The fourth-order valence-electron chi connectivity index (χ4n) is 2.37. The van der Waals surface area contributed by atoms with Gasteiger partial charge < -0.3 is 10.2 Å². The summed E-state index contributed by atoms with van der Waals surface area (Å²) in [5.41, 5.74) is 3.78. The summed E-state index contributed by atoms with van der Waals surface area (Å²) in [7, 11) is 0. The number of aryl methyl sites for hydroxylation is 1. The topological polar surface area (TPSA) is 63.6 Å². The molecule has 22 heavy (non-hydrogen) atoms. The lowest BCUT2D eigenvalue weighted by Gasteiger charge is -2.09. The van der Waals surface area contributed by atoms with E-state index in [0.717, 1.165) is 22.5 Å². The van der Waals surface area contributed by atoms with Gasteiger partial charge >= 0.3 is 0 Å². The van der Waals surface area contributed by atoms with Crippen molar-refractivity contribution in [3.05, 3.63) is 65.5 Å². The molecule has 1 aromatic heterocycles. The number of benzene rings is 1. The summed E-state index contributed by atoms with van der Waals surface area (Å²) >= 11 is 0. The molecule has 0 saturated carbocycles. The van der Waals surface area contributed by atoms with Crippen LogP contribution in [0, 0.1) is 6.92 Å². The zero-order valence-electron chi connectivity index (χ0n) is 12.3. The van der Waals surface area contributed by atoms with E-state index in [1.165, 1.54) is 0 Å². The van der Waals surface area contributed by atoms with Crippen molar-refractivity contribution in [1.82, 2.24) is 10.3 Å². The molecule has 1 aliphatic heterocycles. The van der Waals surface area contributed by atoms with E-state index in [-0.39, 0.29) is 5.91 Å². The summed E-state index contributed by atoms with van der Waals surface area (Å²) in [6.07, 6.45) is 1.62. The molecule has 0 bridgehead atoms. The van der Waals surface area contributed by atoms with E-state index in [9.17, 15) is 4.79 Å². The number of oxime groups is 1.